The van der Waals surface area contributed by atoms with Gasteiger partial charge in [0, 0.05) is 32.1 Å². The monoisotopic (exact) mass is 324 g/mol. The fourth-order valence-corrected chi connectivity index (χ4v) is 3.85. The normalized spacial score (nSPS) is 22.5. The molecule has 24 heavy (non-hydrogen) atoms. The van der Waals surface area contributed by atoms with Crippen LogP contribution in [0.3, 0.4) is 0 Å². The van der Waals surface area contributed by atoms with Gasteiger partial charge in [-0.25, -0.2) is 0 Å². The maximum atomic E-state index is 11.6. The third-order valence-corrected chi connectivity index (χ3v) is 5.44. The van der Waals surface area contributed by atoms with Crippen molar-refractivity contribution in [1.82, 2.24) is 10.2 Å². The number of hydrogen-bond donors (Lipinski definition) is 1. The number of rotatable bonds is 4. The van der Waals surface area contributed by atoms with Crippen LogP contribution in [0.4, 0.5) is 0 Å². The van der Waals surface area contributed by atoms with Crippen molar-refractivity contribution in [3.63, 3.8) is 0 Å². The minimum absolute atomic E-state index is 0.203. The number of benzene rings is 2. The summed E-state index contributed by atoms with van der Waals surface area (Å²) in [4.78, 5) is 13.6. The molecule has 0 bridgehead atoms. The van der Waals surface area contributed by atoms with Gasteiger partial charge in [-0.05, 0) is 41.7 Å². The number of nitrogens with zero attached hydrogens (tertiary/aromatic N) is 1. The standard InChI is InChI=1S/C21H28N2O/c1-4-17-14-23(16(3)24)12-11-21(17)22-15(2)19-10-9-18-7-5-6-8-20(18)13-19/h5-10,13,15,17,21-22H,4,11-12,14H2,1-3H3/t15-,17-,21+/m1/s1. The smallest absolute Gasteiger partial charge is 0.219 e. The number of likely N-dealkylation sites (tertiary alicyclic amines) is 1. The summed E-state index contributed by atoms with van der Waals surface area (Å²) in [5, 5.41) is 6.40. The molecule has 0 spiro atoms. The van der Waals surface area contributed by atoms with E-state index in [2.05, 4.69) is 61.6 Å². The first kappa shape index (κ1) is 17.0. The Balaban J connectivity index is 1.70. The lowest BCUT2D eigenvalue weighted by atomic mass is 9.88. The number of carbonyl (C=O) groups is 1. The van der Waals surface area contributed by atoms with Gasteiger partial charge in [-0.2, -0.15) is 0 Å². The van der Waals surface area contributed by atoms with E-state index < -0.39 is 0 Å². The summed E-state index contributed by atoms with van der Waals surface area (Å²) < 4.78 is 0. The van der Waals surface area contributed by atoms with E-state index in [0.717, 1.165) is 25.9 Å². The van der Waals surface area contributed by atoms with E-state index in [9.17, 15) is 4.79 Å². The van der Waals surface area contributed by atoms with Gasteiger partial charge < -0.3 is 10.2 Å². The van der Waals surface area contributed by atoms with Crippen LogP contribution >= 0.6 is 0 Å². The highest BCUT2D eigenvalue weighted by atomic mass is 16.2. The minimum atomic E-state index is 0.203. The Bertz CT molecular complexity index is 712. The van der Waals surface area contributed by atoms with Gasteiger partial charge in [0.05, 0.1) is 0 Å². The van der Waals surface area contributed by atoms with E-state index >= 15 is 0 Å². The molecule has 0 unspecified atom stereocenters. The number of hydrogen-bond acceptors (Lipinski definition) is 2. The van der Waals surface area contributed by atoms with E-state index in [4.69, 9.17) is 0 Å². The average molecular weight is 324 g/mol. The Morgan fingerprint density at radius 3 is 2.71 bits per heavy atom. The Morgan fingerprint density at radius 1 is 1.25 bits per heavy atom. The van der Waals surface area contributed by atoms with Crippen LogP contribution in [-0.4, -0.2) is 29.9 Å². The van der Waals surface area contributed by atoms with E-state index in [1.807, 2.05) is 4.90 Å². The predicted molar refractivity (Wildman–Crippen MR) is 99.9 cm³/mol. The molecule has 0 saturated carbocycles. The van der Waals surface area contributed by atoms with Gasteiger partial charge in [0.25, 0.3) is 0 Å². The Labute approximate surface area is 145 Å². The van der Waals surface area contributed by atoms with Gasteiger partial charge in [0.1, 0.15) is 0 Å². The highest BCUT2D eigenvalue weighted by molar-refractivity contribution is 5.83. The molecule has 128 valence electrons. The van der Waals surface area contributed by atoms with Crippen LogP contribution in [0, 0.1) is 5.92 Å². The van der Waals surface area contributed by atoms with Crippen molar-refractivity contribution in [2.24, 2.45) is 5.92 Å². The fourth-order valence-electron chi connectivity index (χ4n) is 3.85. The lowest BCUT2D eigenvalue weighted by Crippen LogP contribution is -2.50. The summed E-state index contributed by atoms with van der Waals surface area (Å²) >= 11 is 0. The molecule has 0 radical (unpaired) electrons. The van der Waals surface area contributed by atoms with Gasteiger partial charge in [-0.3, -0.25) is 4.79 Å². The molecule has 1 amide bonds. The second-order valence-corrected chi connectivity index (χ2v) is 7.02. The first-order valence-corrected chi connectivity index (χ1v) is 9.08. The van der Waals surface area contributed by atoms with E-state index in [1.54, 1.807) is 6.92 Å². The van der Waals surface area contributed by atoms with Crippen LogP contribution in [0.25, 0.3) is 10.8 Å². The lowest BCUT2D eigenvalue weighted by molar-refractivity contribution is -0.131. The summed E-state index contributed by atoms with van der Waals surface area (Å²) in [6, 6.07) is 16.0. The van der Waals surface area contributed by atoms with Crippen LogP contribution in [0.1, 0.15) is 45.2 Å². The Hall–Kier alpha value is -1.87. The van der Waals surface area contributed by atoms with E-state index in [-0.39, 0.29) is 5.91 Å². The molecule has 0 aromatic heterocycles. The predicted octanol–water partition coefficient (Wildman–Crippen LogP) is 4.14. The molecule has 1 fully saturated rings. The second kappa shape index (κ2) is 7.35. The van der Waals surface area contributed by atoms with Crippen molar-refractivity contribution in [2.75, 3.05) is 13.1 Å². The SMILES string of the molecule is CC[C@@H]1CN(C(C)=O)CC[C@@H]1N[C@H](C)c1ccc2ccccc2c1. The molecular weight excluding hydrogens is 296 g/mol. The Kier molecular flexibility index (Phi) is 5.20. The van der Waals surface area contributed by atoms with Crippen LogP contribution in [-0.2, 0) is 4.79 Å². The highest BCUT2D eigenvalue weighted by Crippen LogP contribution is 2.25. The number of piperidine rings is 1. The quantitative estimate of drug-likeness (QED) is 0.917. The molecule has 1 aliphatic rings. The summed E-state index contributed by atoms with van der Waals surface area (Å²) in [6.45, 7) is 7.90. The first-order valence-electron chi connectivity index (χ1n) is 9.08. The molecule has 1 N–H and O–H groups in total. The number of fused-ring (bicyclic) bond motifs is 1. The topological polar surface area (TPSA) is 32.3 Å². The summed E-state index contributed by atoms with van der Waals surface area (Å²) in [7, 11) is 0. The second-order valence-electron chi connectivity index (χ2n) is 7.02. The van der Waals surface area contributed by atoms with Crippen molar-refractivity contribution >= 4 is 16.7 Å². The van der Waals surface area contributed by atoms with Crippen molar-refractivity contribution < 1.29 is 4.79 Å². The largest absolute Gasteiger partial charge is 0.343 e. The fraction of sp³-hybridized carbons (Fsp3) is 0.476. The molecule has 1 heterocycles. The molecule has 3 atom stereocenters. The van der Waals surface area contributed by atoms with Crippen molar-refractivity contribution in [3.8, 4) is 0 Å². The van der Waals surface area contributed by atoms with Crippen LogP contribution in [0.15, 0.2) is 42.5 Å². The van der Waals surface area contributed by atoms with Gasteiger partial charge in [0.15, 0.2) is 0 Å². The third kappa shape index (κ3) is 3.62. The number of carbonyl (C=O) groups excluding carboxylic acids is 1. The molecule has 3 nitrogen and oxygen atoms in total. The van der Waals surface area contributed by atoms with Gasteiger partial charge in [-0.15, -0.1) is 0 Å². The van der Waals surface area contributed by atoms with Crippen LogP contribution in [0.5, 0.6) is 0 Å². The minimum Gasteiger partial charge on any atom is -0.343 e. The number of nitrogens with one attached hydrogen (secondary N) is 1. The summed E-state index contributed by atoms with van der Waals surface area (Å²) in [5.74, 6) is 0.736. The molecule has 3 heteroatoms. The highest BCUT2D eigenvalue weighted by Gasteiger charge is 2.30. The lowest BCUT2D eigenvalue weighted by Gasteiger charge is -2.39. The van der Waals surface area contributed by atoms with Gasteiger partial charge in [-0.1, -0.05) is 49.7 Å². The molecule has 0 aliphatic carbocycles. The van der Waals surface area contributed by atoms with Crippen molar-refractivity contribution in [2.45, 2.75) is 45.7 Å². The van der Waals surface area contributed by atoms with E-state index in [0.29, 0.717) is 18.0 Å². The van der Waals surface area contributed by atoms with E-state index in [1.165, 1.54) is 16.3 Å². The number of amides is 1. The zero-order chi connectivity index (χ0) is 17.1. The average Bonchev–Trinajstić information content (AvgIpc) is 2.61. The molecule has 1 aliphatic heterocycles. The van der Waals surface area contributed by atoms with Crippen molar-refractivity contribution in [1.29, 1.82) is 0 Å². The molecule has 2 aromatic carbocycles. The van der Waals surface area contributed by atoms with Crippen LogP contribution < -0.4 is 5.32 Å². The molecule has 1 saturated heterocycles. The summed E-state index contributed by atoms with van der Waals surface area (Å²) in [6.07, 6.45) is 2.14. The molecule has 2 aromatic rings. The Morgan fingerprint density at radius 2 is 2.00 bits per heavy atom. The maximum Gasteiger partial charge on any atom is 0.219 e. The van der Waals surface area contributed by atoms with Crippen LogP contribution in [0.2, 0.25) is 0 Å². The third-order valence-electron chi connectivity index (χ3n) is 5.44. The first-order chi connectivity index (χ1) is 11.6. The zero-order valence-corrected chi connectivity index (χ0v) is 15.0. The summed E-state index contributed by atoms with van der Waals surface area (Å²) in [5.41, 5.74) is 1.33. The van der Waals surface area contributed by atoms with Crippen molar-refractivity contribution in [3.05, 3.63) is 48.0 Å². The van der Waals surface area contributed by atoms with Gasteiger partial charge in [0.2, 0.25) is 5.91 Å². The molecular formula is C21H28N2O. The maximum absolute atomic E-state index is 11.6. The zero-order valence-electron chi connectivity index (χ0n) is 15.0. The van der Waals surface area contributed by atoms with Gasteiger partial charge >= 0.3 is 0 Å². The molecule has 3 rings (SSSR count).